The van der Waals surface area contributed by atoms with Crippen LogP contribution >= 0.6 is 24.8 Å². The van der Waals surface area contributed by atoms with Crippen LogP contribution in [0, 0.1) is 5.41 Å². The number of fused-ring (bicyclic) bond motifs is 1. The highest BCUT2D eigenvalue weighted by Crippen LogP contribution is 2.20. The molecule has 0 aromatic carbocycles. The number of aliphatic carboxylic acids is 1. The SMILES string of the molecule is CC(C)(CN1CCn2ccnc2C1)C(=O)O.Cl.Cl. The molecule has 5 nitrogen and oxygen atoms in total. The van der Waals surface area contributed by atoms with E-state index in [1.807, 2.05) is 6.20 Å². The van der Waals surface area contributed by atoms with Crippen molar-refractivity contribution < 1.29 is 9.90 Å². The zero-order chi connectivity index (χ0) is 11.8. The first-order valence-corrected chi connectivity index (χ1v) is 5.45. The fourth-order valence-corrected chi connectivity index (χ4v) is 1.99. The van der Waals surface area contributed by atoms with Crippen molar-refractivity contribution >= 4 is 30.8 Å². The minimum atomic E-state index is -0.749. The molecule has 2 rings (SSSR count). The molecule has 2 heterocycles. The molecule has 1 aliphatic heterocycles. The van der Waals surface area contributed by atoms with Crippen LogP contribution in [0.2, 0.25) is 0 Å². The van der Waals surface area contributed by atoms with Gasteiger partial charge in [-0.2, -0.15) is 0 Å². The standard InChI is InChI=1S/C11H17N3O2.2ClH/c1-11(2,10(15)16)8-13-5-6-14-4-3-12-9(14)7-13;;/h3-4H,5-8H2,1-2H3,(H,15,16);2*1H. The lowest BCUT2D eigenvalue weighted by Crippen LogP contribution is -2.42. The average Bonchev–Trinajstić information content (AvgIpc) is 2.63. The van der Waals surface area contributed by atoms with Crippen molar-refractivity contribution in [2.75, 3.05) is 13.1 Å². The fourth-order valence-electron chi connectivity index (χ4n) is 1.99. The summed E-state index contributed by atoms with van der Waals surface area (Å²) in [6, 6.07) is 0. The highest BCUT2D eigenvalue weighted by Gasteiger charge is 2.31. The second-order valence-corrected chi connectivity index (χ2v) is 4.94. The number of carboxylic acids is 1. The summed E-state index contributed by atoms with van der Waals surface area (Å²) in [6.45, 7) is 6.61. The molecule has 0 amide bonds. The van der Waals surface area contributed by atoms with Crippen LogP contribution in [0.1, 0.15) is 19.7 Å². The van der Waals surface area contributed by atoms with E-state index in [-0.39, 0.29) is 24.8 Å². The van der Waals surface area contributed by atoms with Crippen LogP contribution in [0.4, 0.5) is 0 Å². The van der Waals surface area contributed by atoms with E-state index in [2.05, 4.69) is 14.5 Å². The summed E-state index contributed by atoms with van der Waals surface area (Å²) in [5.41, 5.74) is -0.700. The van der Waals surface area contributed by atoms with Crippen molar-refractivity contribution in [1.29, 1.82) is 0 Å². The van der Waals surface area contributed by atoms with Crippen molar-refractivity contribution in [2.24, 2.45) is 5.41 Å². The molecule has 0 spiro atoms. The molecule has 0 bridgehead atoms. The molecule has 1 aromatic rings. The predicted molar refractivity (Wildman–Crippen MR) is 73.4 cm³/mol. The van der Waals surface area contributed by atoms with Crippen LogP contribution < -0.4 is 0 Å². The fraction of sp³-hybridized carbons (Fsp3) is 0.636. The van der Waals surface area contributed by atoms with Gasteiger partial charge in [-0.05, 0) is 13.8 Å². The smallest absolute Gasteiger partial charge is 0.310 e. The molecule has 0 radical (unpaired) electrons. The normalized spacial score (nSPS) is 15.2. The summed E-state index contributed by atoms with van der Waals surface area (Å²) in [5.74, 6) is 0.272. The molecule has 0 unspecified atom stereocenters. The van der Waals surface area contributed by atoms with Crippen molar-refractivity contribution in [3.05, 3.63) is 18.2 Å². The predicted octanol–water partition coefficient (Wildman–Crippen LogP) is 1.65. The summed E-state index contributed by atoms with van der Waals surface area (Å²) in [6.07, 6.45) is 3.76. The number of carbonyl (C=O) groups is 1. The van der Waals surface area contributed by atoms with E-state index in [1.165, 1.54) is 0 Å². The van der Waals surface area contributed by atoms with Gasteiger partial charge in [0.15, 0.2) is 0 Å². The zero-order valence-corrected chi connectivity index (χ0v) is 12.1. The zero-order valence-electron chi connectivity index (χ0n) is 10.5. The van der Waals surface area contributed by atoms with Gasteiger partial charge in [0, 0.05) is 32.0 Å². The Morgan fingerprint density at radius 2 is 2.11 bits per heavy atom. The van der Waals surface area contributed by atoms with Crippen LogP contribution in [0.25, 0.3) is 0 Å². The molecule has 104 valence electrons. The van der Waals surface area contributed by atoms with Crippen LogP contribution in [-0.4, -0.2) is 38.6 Å². The first-order chi connectivity index (χ1) is 7.49. The average molecular weight is 296 g/mol. The van der Waals surface area contributed by atoms with Gasteiger partial charge in [-0.15, -0.1) is 24.8 Å². The molecular formula is C11H19Cl2N3O2. The Balaban J connectivity index is 0.00000144. The Hall–Kier alpha value is -0.780. The molecule has 1 aromatic heterocycles. The number of rotatable bonds is 3. The Morgan fingerprint density at radius 1 is 1.44 bits per heavy atom. The number of hydrogen-bond donors (Lipinski definition) is 1. The third kappa shape index (κ3) is 3.60. The molecule has 1 aliphatic rings. The molecule has 1 N–H and O–H groups in total. The van der Waals surface area contributed by atoms with E-state index in [1.54, 1.807) is 20.0 Å². The van der Waals surface area contributed by atoms with Crippen molar-refractivity contribution in [1.82, 2.24) is 14.5 Å². The lowest BCUT2D eigenvalue weighted by molar-refractivity contribution is -0.148. The van der Waals surface area contributed by atoms with Gasteiger partial charge in [0.2, 0.25) is 0 Å². The van der Waals surface area contributed by atoms with E-state index >= 15 is 0 Å². The van der Waals surface area contributed by atoms with E-state index < -0.39 is 11.4 Å². The number of aromatic nitrogens is 2. The van der Waals surface area contributed by atoms with Crippen LogP contribution in [0.3, 0.4) is 0 Å². The van der Waals surface area contributed by atoms with Gasteiger partial charge in [-0.25, -0.2) is 4.98 Å². The van der Waals surface area contributed by atoms with Gasteiger partial charge in [0.25, 0.3) is 0 Å². The second-order valence-electron chi connectivity index (χ2n) is 4.94. The van der Waals surface area contributed by atoms with Gasteiger partial charge >= 0.3 is 5.97 Å². The molecule has 0 aliphatic carbocycles. The third-order valence-electron chi connectivity index (χ3n) is 3.02. The minimum Gasteiger partial charge on any atom is -0.481 e. The van der Waals surface area contributed by atoms with E-state index in [4.69, 9.17) is 5.11 Å². The molecule has 0 fully saturated rings. The van der Waals surface area contributed by atoms with Crippen LogP contribution in [0.5, 0.6) is 0 Å². The van der Waals surface area contributed by atoms with Gasteiger partial charge < -0.3 is 9.67 Å². The highest BCUT2D eigenvalue weighted by atomic mass is 35.5. The maximum absolute atomic E-state index is 11.0. The van der Waals surface area contributed by atoms with Crippen LogP contribution in [0.15, 0.2) is 12.4 Å². The quantitative estimate of drug-likeness (QED) is 0.921. The summed E-state index contributed by atoms with van der Waals surface area (Å²) in [5, 5.41) is 9.08. The van der Waals surface area contributed by atoms with Gasteiger partial charge in [-0.3, -0.25) is 9.69 Å². The highest BCUT2D eigenvalue weighted by molar-refractivity contribution is 5.85. The molecule has 18 heavy (non-hydrogen) atoms. The van der Waals surface area contributed by atoms with Crippen LogP contribution in [-0.2, 0) is 17.9 Å². The Bertz CT molecular complexity index is 407. The Labute approximate surface area is 119 Å². The maximum atomic E-state index is 11.0. The van der Waals surface area contributed by atoms with Gasteiger partial charge in [0.05, 0.1) is 12.0 Å². The number of carboxylic acid groups (broad SMARTS) is 1. The van der Waals surface area contributed by atoms with E-state index in [0.717, 1.165) is 25.5 Å². The largest absolute Gasteiger partial charge is 0.481 e. The second kappa shape index (κ2) is 6.41. The molecular weight excluding hydrogens is 277 g/mol. The number of nitrogens with zero attached hydrogens (tertiary/aromatic N) is 3. The monoisotopic (exact) mass is 295 g/mol. The van der Waals surface area contributed by atoms with Gasteiger partial charge in [0.1, 0.15) is 5.82 Å². The van der Waals surface area contributed by atoms with E-state index in [9.17, 15) is 4.79 Å². The summed E-state index contributed by atoms with van der Waals surface area (Å²) < 4.78 is 2.12. The Kier molecular flexibility index (Phi) is 6.13. The van der Waals surface area contributed by atoms with Gasteiger partial charge in [-0.1, -0.05) is 0 Å². The van der Waals surface area contributed by atoms with Crippen molar-refractivity contribution in [2.45, 2.75) is 26.9 Å². The van der Waals surface area contributed by atoms with E-state index in [0.29, 0.717) is 6.54 Å². The molecule has 0 atom stereocenters. The summed E-state index contributed by atoms with van der Waals surface area (Å²) >= 11 is 0. The maximum Gasteiger partial charge on any atom is 0.310 e. The number of imidazole rings is 1. The number of hydrogen-bond acceptors (Lipinski definition) is 3. The third-order valence-corrected chi connectivity index (χ3v) is 3.02. The lowest BCUT2D eigenvalue weighted by atomic mass is 9.93. The van der Waals surface area contributed by atoms with Crippen molar-refractivity contribution in [3.8, 4) is 0 Å². The Morgan fingerprint density at radius 3 is 2.72 bits per heavy atom. The minimum absolute atomic E-state index is 0. The molecule has 0 saturated heterocycles. The first-order valence-electron chi connectivity index (χ1n) is 5.45. The topological polar surface area (TPSA) is 58.4 Å². The lowest BCUT2D eigenvalue weighted by Gasteiger charge is -2.32. The summed E-state index contributed by atoms with van der Waals surface area (Å²) in [7, 11) is 0. The molecule has 0 saturated carbocycles. The van der Waals surface area contributed by atoms with Crippen molar-refractivity contribution in [3.63, 3.8) is 0 Å². The molecule has 7 heteroatoms. The number of halogens is 2. The first kappa shape index (κ1) is 17.2. The summed E-state index contributed by atoms with van der Waals surface area (Å²) in [4.78, 5) is 17.4.